The lowest BCUT2D eigenvalue weighted by Crippen LogP contribution is -2.61. The molecule has 1 rings (SSSR count). The fraction of sp³-hybridized carbons (Fsp3) is 0.714. The van der Waals surface area contributed by atoms with E-state index in [1.54, 1.807) is 7.05 Å². The summed E-state index contributed by atoms with van der Waals surface area (Å²) in [6, 6.07) is -0.187. The highest BCUT2D eigenvalue weighted by Gasteiger charge is 2.31. The number of ether oxygens (including phenoxy) is 1. The Morgan fingerprint density at radius 3 is 2.54 bits per heavy atom. The van der Waals surface area contributed by atoms with Crippen molar-refractivity contribution >= 4 is 12.1 Å². The zero-order valence-electron chi connectivity index (χ0n) is 7.66. The van der Waals surface area contributed by atoms with Crippen molar-refractivity contribution in [2.75, 3.05) is 27.2 Å². The van der Waals surface area contributed by atoms with Crippen molar-refractivity contribution in [1.29, 1.82) is 0 Å². The van der Waals surface area contributed by atoms with Gasteiger partial charge < -0.3 is 20.3 Å². The van der Waals surface area contributed by atoms with Crippen LogP contribution in [0.5, 0.6) is 0 Å². The molecule has 1 saturated heterocycles. The Morgan fingerprint density at radius 2 is 2.08 bits per heavy atom. The summed E-state index contributed by atoms with van der Waals surface area (Å²) in [5.41, 5.74) is 0. The summed E-state index contributed by atoms with van der Waals surface area (Å²) in [5, 5.41) is 5.11. The molecule has 0 saturated carbocycles. The number of hydrogen-bond donors (Lipinski definition) is 2. The highest BCUT2D eigenvalue weighted by Crippen LogP contribution is 2.08. The number of likely N-dealkylation sites (tertiary alicyclic amines) is 1. The van der Waals surface area contributed by atoms with Crippen molar-refractivity contribution in [2.45, 2.75) is 6.04 Å². The van der Waals surface area contributed by atoms with E-state index >= 15 is 0 Å². The number of urea groups is 1. The van der Waals surface area contributed by atoms with Gasteiger partial charge in [-0.2, -0.15) is 0 Å². The molecule has 2 N–H and O–H groups in total. The van der Waals surface area contributed by atoms with Crippen LogP contribution in [-0.2, 0) is 4.74 Å². The Hall–Kier alpha value is -1.46. The van der Waals surface area contributed by atoms with Gasteiger partial charge >= 0.3 is 12.1 Å². The average Bonchev–Trinajstić information content (AvgIpc) is 2.08. The number of amides is 3. The second-order valence-electron chi connectivity index (χ2n) is 2.80. The predicted octanol–water partition coefficient (Wildman–Crippen LogP) is -0.634. The van der Waals surface area contributed by atoms with Gasteiger partial charge in [-0.3, -0.25) is 0 Å². The van der Waals surface area contributed by atoms with Gasteiger partial charge in [0.25, 0.3) is 0 Å². The summed E-state index contributed by atoms with van der Waals surface area (Å²) in [6.45, 7) is 1.03. The van der Waals surface area contributed by atoms with Crippen LogP contribution in [-0.4, -0.2) is 50.3 Å². The molecule has 13 heavy (non-hydrogen) atoms. The molecule has 1 aliphatic heterocycles. The van der Waals surface area contributed by atoms with Gasteiger partial charge in [-0.05, 0) is 0 Å². The molecule has 6 nitrogen and oxygen atoms in total. The molecule has 0 radical (unpaired) electrons. The highest BCUT2D eigenvalue weighted by molar-refractivity contribution is 5.75. The van der Waals surface area contributed by atoms with E-state index in [0.717, 1.165) is 0 Å². The van der Waals surface area contributed by atoms with Crippen LogP contribution in [0.15, 0.2) is 0 Å². The normalized spacial score (nSPS) is 16.0. The van der Waals surface area contributed by atoms with Gasteiger partial charge in [0.2, 0.25) is 0 Å². The molecule has 74 valence electrons. The van der Waals surface area contributed by atoms with Crippen LogP contribution in [0.25, 0.3) is 0 Å². The molecule has 1 heterocycles. The molecule has 0 aromatic heterocycles. The Morgan fingerprint density at radius 1 is 1.46 bits per heavy atom. The minimum Gasteiger partial charge on any atom is -0.453 e. The van der Waals surface area contributed by atoms with Gasteiger partial charge in [0.15, 0.2) is 0 Å². The molecule has 0 aliphatic carbocycles. The van der Waals surface area contributed by atoms with Crippen molar-refractivity contribution in [3.63, 3.8) is 0 Å². The Bertz CT molecular complexity index is 213. The molecule has 0 unspecified atom stereocenters. The van der Waals surface area contributed by atoms with Gasteiger partial charge in [-0.15, -0.1) is 0 Å². The first-order chi connectivity index (χ1) is 6.17. The van der Waals surface area contributed by atoms with Crippen LogP contribution >= 0.6 is 0 Å². The first kappa shape index (κ1) is 9.63. The zero-order chi connectivity index (χ0) is 9.84. The summed E-state index contributed by atoms with van der Waals surface area (Å²) in [6.07, 6.45) is -0.352. The number of carbonyl (C=O) groups is 2. The number of nitrogens with one attached hydrogen (secondary N) is 2. The maximum Gasteiger partial charge on any atom is 0.409 e. The van der Waals surface area contributed by atoms with E-state index in [4.69, 9.17) is 0 Å². The number of nitrogens with zero attached hydrogens (tertiary/aromatic N) is 1. The number of carbonyl (C=O) groups excluding carboxylic acids is 2. The van der Waals surface area contributed by atoms with Gasteiger partial charge in [-0.1, -0.05) is 0 Å². The summed E-state index contributed by atoms with van der Waals surface area (Å²) in [4.78, 5) is 23.2. The molecule has 0 atom stereocenters. The van der Waals surface area contributed by atoms with E-state index < -0.39 is 0 Å². The number of hydrogen-bond acceptors (Lipinski definition) is 3. The van der Waals surface area contributed by atoms with Crippen LogP contribution in [0.3, 0.4) is 0 Å². The fourth-order valence-electron chi connectivity index (χ4n) is 1.11. The van der Waals surface area contributed by atoms with E-state index in [9.17, 15) is 9.59 Å². The summed E-state index contributed by atoms with van der Waals surface area (Å²) < 4.78 is 4.49. The van der Waals surface area contributed by atoms with Gasteiger partial charge in [-0.25, -0.2) is 9.59 Å². The zero-order valence-corrected chi connectivity index (χ0v) is 7.66. The average molecular weight is 187 g/mol. The highest BCUT2D eigenvalue weighted by atomic mass is 16.5. The van der Waals surface area contributed by atoms with Gasteiger partial charge in [0, 0.05) is 20.1 Å². The quantitative estimate of drug-likeness (QED) is 0.574. The van der Waals surface area contributed by atoms with Crippen LogP contribution in [0, 0.1) is 0 Å². The van der Waals surface area contributed by atoms with Crippen molar-refractivity contribution in [3.8, 4) is 0 Å². The summed E-state index contributed by atoms with van der Waals surface area (Å²) >= 11 is 0. The molecule has 3 amide bonds. The monoisotopic (exact) mass is 187 g/mol. The lowest BCUT2D eigenvalue weighted by atomic mass is 10.1. The first-order valence-corrected chi connectivity index (χ1v) is 3.98. The van der Waals surface area contributed by atoms with Crippen molar-refractivity contribution < 1.29 is 14.3 Å². The molecule has 1 aliphatic rings. The predicted molar refractivity (Wildman–Crippen MR) is 45.4 cm³/mol. The molecule has 0 spiro atoms. The third-order valence-electron chi connectivity index (χ3n) is 1.88. The minimum atomic E-state index is -0.352. The first-order valence-electron chi connectivity index (χ1n) is 3.98. The lowest BCUT2D eigenvalue weighted by Gasteiger charge is -2.37. The Balaban J connectivity index is 2.18. The second-order valence-corrected chi connectivity index (χ2v) is 2.80. The standard InChI is InChI=1S/C7H13N3O3/c1-8-6(11)9-5-3-10(4-5)7(12)13-2/h5H,3-4H2,1-2H3,(H2,8,9,11). The van der Waals surface area contributed by atoms with Crippen LogP contribution in [0.1, 0.15) is 0 Å². The minimum absolute atomic E-state index is 0.0408. The summed E-state index contributed by atoms with van der Waals surface area (Å²) in [7, 11) is 2.88. The third-order valence-corrected chi connectivity index (χ3v) is 1.88. The number of rotatable bonds is 1. The maximum absolute atomic E-state index is 10.9. The van der Waals surface area contributed by atoms with E-state index in [1.807, 2.05) is 0 Å². The molecule has 1 fully saturated rings. The smallest absolute Gasteiger partial charge is 0.409 e. The van der Waals surface area contributed by atoms with Gasteiger partial charge in [0.1, 0.15) is 0 Å². The van der Waals surface area contributed by atoms with Crippen LogP contribution in [0.4, 0.5) is 9.59 Å². The molecular formula is C7H13N3O3. The molecule has 0 aromatic rings. The SMILES string of the molecule is CNC(=O)NC1CN(C(=O)OC)C1. The molecular weight excluding hydrogens is 174 g/mol. The van der Waals surface area contributed by atoms with Gasteiger partial charge in [0.05, 0.1) is 13.2 Å². The lowest BCUT2D eigenvalue weighted by molar-refractivity contribution is 0.0823. The maximum atomic E-state index is 10.9. The van der Waals surface area contributed by atoms with E-state index in [1.165, 1.54) is 12.0 Å². The molecule has 6 heteroatoms. The Labute approximate surface area is 76.2 Å². The van der Waals surface area contributed by atoms with E-state index in [2.05, 4.69) is 15.4 Å². The van der Waals surface area contributed by atoms with Crippen molar-refractivity contribution in [2.24, 2.45) is 0 Å². The van der Waals surface area contributed by atoms with Crippen molar-refractivity contribution in [3.05, 3.63) is 0 Å². The Kier molecular flexibility index (Phi) is 2.94. The molecule has 0 aromatic carbocycles. The fourth-order valence-corrected chi connectivity index (χ4v) is 1.11. The third kappa shape index (κ3) is 2.24. The molecule has 0 bridgehead atoms. The largest absolute Gasteiger partial charge is 0.453 e. The second kappa shape index (κ2) is 3.97. The van der Waals surface area contributed by atoms with Crippen LogP contribution < -0.4 is 10.6 Å². The van der Waals surface area contributed by atoms with Crippen molar-refractivity contribution in [1.82, 2.24) is 15.5 Å². The van der Waals surface area contributed by atoms with E-state index in [-0.39, 0.29) is 18.2 Å². The summed E-state index contributed by atoms with van der Waals surface area (Å²) in [5.74, 6) is 0. The number of methoxy groups -OCH3 is 1. The van der Waals surface area contributed by atoms with Crippen LogP contribution in [0.2, 0.25) is 0 Å². The van der Waals surface area contributed by atoms with E-state index in [0.29, 0.717) is 13.1 Å². The topological polar surface area (TPSA) is 70.7 Å².